The molecule has 5 atom stereocenters. The number of ether oxygens (including phenoxy) is 5. The molecule has 1 aliphatic rings. The Bertz CT molecular complexity index is 1870. The van der Waals surface area contributed by atoms with E-state index in [1.54, 1.807) is 14.2 Å². The lowest BCUT2D eigenvalue weighted by Crippen LogP contribution is -2.43. The highest BCUT2D eigenvalue weighted by atomic mass is 31.2. The number of nitrogens with one attached hydrogen (secondary N) is 1. The molecule has 0 aliphatic carbocycles. The second-order valence-electron chi connectivity index (χ2n) is 13.2. The van der Waals surface area contributed by atoms with E-state index >= 15 is 0 Å². The van der Waals surface area contributed by atoms with Crippen LogP contribution in [0.4, 0.5) is 0 Å². The number of hydrogen-bond donors (Lipinski definition) is 1. The molecule has 1 unspecified atom stereocenters. The van der Waals surface area contributed by atoms with Crippen LogP contribution >= 0.6 is 8.53 Å². The van der Waals surface area contributed by atoms with Gasteiger partial charge in [-0.15, -0.1) is 0 Å². The van der Waals surface area contributed by atoms with Crippen molar-refractivity contribution >= 4 is 8.53 Å². The Morgan fingerprint density at radius 2 is 1.43 bits per heavy atom. The molecule has 2 heterocycles. The summed E-state index contributed by atoms with van der Waals surface area (Å²) < 4.78 is 47.6. The third-order valence-electron chi connectivity index (χ3n) is 9.19. The standard InChI is InChI=1S/C40H49N4O9P/c1-27(2)44(28(3)4)54(51-25-11-23-41)53-36-34(52-38(37(36)49-7)43-24-22-35(45)42-39(43)46)26-50-40(29-12-9-8-10-13-29,30-14-18-32(47-5)19-15-30)31-16-20-33(48-6)21-17-31/h8-10,12-22,24,27-28,34,36-38H,11,25-26H2,1-7H3,(H,42,45,46)/t34-,36+,37+,38-,54?/m1/s1. The Labute approximate surface area is 317 Å². The van der Waals surface area contributed by atoms with Gasteiger partial charge in [-0.1, -0.05) is 54.6 Å². The number of hydrogen-bond acceptors (Lipinski definition) is 11. The van der Waals surface area contributed by atoms with E-state index in [1.807, 2.05) is 107 Å². The summed E-state index contributed by atoms with van der Waals surface area (Å²) in [6.07, 6.45) is -1.97. The molecule has 13 nitrogen and oxygen atoms in total. The summed E-state index contributed by atoms with van der Waals surface area (Å²) in [5.41, 5.74) is 0.101. The second kappa shape index (κ2) is 18.8. The lowest BCUT2D eigenvalue weighted by atomic mass is 9.80. The van der Waals surface area contributed by atoms with Gasteiger partial charge in [0, 0.05) is 31.5 Å². The van der Waals surface area contributed by atoms with Crippen molar-refractivity contribution in [1.82, 2.24) is 14.2 Å². The highest BCUT2D eigenvalue weighted by Crippen LogP contribution is 2.51. The van der Waals surface area contributed by atoms with Gasteiger partial charge in [-0.3, -0.25) is 14.3 Å². The first-order valence-corrected chi connectivity index (χ1v) is 18.9. The summed E-state index contributed by atoms with van der Waals surface area (Å²) in [4.78, 5) is 27.6. The van der Waals surface area contributed by atoms with Crippen LogP contribution in [0.15, 0.2) is 101 Å². The van der Waals surface area contributed by atoms with Crippen molar-refractivity contribution in [3.63, 3.8) is 0 Å². The number of rotatable bonds is 18. The fraction of sp³-hybridized carbons (Fsp3) is 0.425. The zero-order valence-corrected chi connectivity index (χ0v) is 32.6. The van der Waals surface area contributed by atoms with Crippen molar-refractivity contribution in [1.29, 1.82) is 5.26 Å². The van der Waals surface area contributed by atoms with E-state index in [-0.39, 0.29) is 31.7 Å². The fourth-order valence-electron chi connectivity index (χ4n) is 6.75. The molecule has 0 bridgehead atoms. The monoisotopic (exact) mass is 760 g/mol. The minimum atomic E-state index is -1.77. The molecular formula is C40H49N4O9P. The molecule has 1 N–H and O–H groups in total. The van der Waals surface area contributed by atoms with Gasteiger partial charge in [0.15, 0.2) is 6.23 Å². The highest BCUT2D eigenvalue weighted by molar-refractivity contribution is 7.44. The van der Waals surface area contributed by atoms with Crippen molar-refractivity contribution in [3.05, 3.63) is 129 Å². The molecule has 1 aliphatic heterocycles. The average molecular weight is 761 g/mol. The maximum absolute atomic E-state index is 13.2. The van der Waals surface area contributed by atoms with Crippen LogP contribution in [0.25, 0.3) is 0 Å². The summed E-state index contributed by atoms with van der Waals surface area (Å²) in [5, 5.41) is 9.33. The minimum Gasteiger partial charge on any atom is -0.497 e. The first-order valence-electron chi connectivity index (χ1n) is 17.8. The van der Waals surface area contributed by atoms with E-state index < -0.39 is 49.9 Å². The molecule has 0 amide bonds. The predicted molar refractivity (Wildman–Crippen MR) is 204 cm³/mol. The predicted octanol–water partition coefficient (Wildman–Crippen LogP) is 6.14. The van der Waals surface area contributed by atoms with Gasteiger partial charge in [-0.25, -0.2) is 9.46 Å². The number of methoxy groups -OCH3 is 3. The smallest absolute Gasteiger partial charge is 0.330 e. The molecule has 0 saturated carbocycles. The Hall–Kier alpha value is -4.38. The number of nitrogens with zero attached hydrogens (tertiary/aromatic N) is 3. The van der Waals surface area contributed by atoms with Crippen LogP contribution in [0, 0.1) is 11.3 Å². The molecule has 3 aromatic carbocycles. The Kier molecular flexibility index (Phi) is 14.2. The van der Waals surface area contributed by atoms with Gasteiger partial charge in [0.2, 0.25) is 0 Å². The third kappa shape index (κ3) is 8.94. The molecule has 0 spiro atoms. The topological polar surface area (TPSA) is 147 Å². The molecule has 54 heavy (non-hydrogen) atoms. The van der Waals surface area contributed by atoms with Crippen LogP contribution in [0.5, 0.6) is 11.5 Å². The number of aromatic amines is 1. The van der Waals surface area contributed by atoms with Crippen molar-refractivity contribution in [2.75, 3.05) is 34.5 Å². The van der Waals surface area contributed by atoms with Crippen LogP contribution in [0.2, 0.25) is 0 Å². The van der Waals surface area contributed by atoms with Crippen LogP contribution in [-0.4, -0.2) is 79.2 Å². The minimum absolute atomic E-state index is 0.0182. The van der Waals surface area contributed by atoms with E-state index in [0.717, 1.165) is 16.7 Å². The highest BCUT2D eigenvalue weighted by Gasteiger charge is 2.51. The van der Waals surface area contributed by atoms with Crippen molar-refractivity contribution in [2.45, 2.75) is 76.3 Å². The van der Waals surface area contributed by atoms with Crippen LogP contribution in [0.3, 0.4) is 0 Å². The molecule has 288 valence electrons. The summed E-state index contributed by atoms with van der Waals surface area (Å²) in [7, 11) is 2.98. The summed E-state index contributed by atoms with van der Waals surface area (Å²) >= 11 is 0. The first-order chi connectivity index (χ1) is 26.1. The van der Waals surface area contributed by atoms with E-state index in [9.17, 15) is 14.9 Å². The lowest BCUT2D eigenvalue weighted by molar-refractivity contribution is -0.0957. The van der Waals surface area contributed by atoms with Gasteiger partial charge < -0.3 is 32.7 Å². The fourth-order valence-corrected chi connectivity index (χ4v) is 8.52. The number of aromatic nitrogens is 2. The molecule has 5 rings (SSSR count). The first kappa shape index (κ1) is 40.8. The maximum Gasteiger partial charge on any atom is 0.330 e. The second-order valence-corrected chi connectivity index (χ2v) is 14.6. The molecular weight excluding hydrogens is 711 g/mol. The molecule has 14 heteroatoms. The van der Waals surface area contributed by atoms with Crippen molar-refractivity contribution in [2.24, 2.45) is 0 Å². The summed E-state index contributed by atoms with van der Waals surface area (Å²) in [6.45, 7) is 8.30. The Morgan fingerprint density at radius 3 is 1.93 bits per heavy atom. The lowest BCUT2D eigenvalue weighted by Gasteiger charge is -2.39. The van der Waals surface area contributed by atoms with Crippen molar-refractivity contribution < 1.29 is 32.7 Å². The largest absolute Gasteiger partial charge is 0.497 e. The van der Waals surface area contributed by atoms with Gasteiger partial charge in [-0.05, 0) is 68.7 Å². The quantitative estimate of drug-likeness (QED) is 0.0710. The van der Waals surface area contributed by atoms with Crippen LogP contribution in [0.1, 0.15) is 57.0 Å². The van der Waals surface area contributed by atoms with E-state index in [2.05, 4.69) is 15.7 Å². The molecule has 1 fully saturated rings. The van der Waals surface area contributed by atoms with Gasteiger partial charge in [-0.2, -0.15) is 5.26 Å². The molecule has 1 aromatic heterocycles. The third-order valence-corrected chi connectivity index (χ3v) is 11.3. The van der Waals surface area contributed by atoms with Gasteiger partial charge in [0.05, 0.1) is 39.9 Å². The van der Waals surface area contributed by atoms with Gasteiger partial charge >= 0.3 is 5.69 Å². The summed E-state index contributed by atoms with van der Waals surface area (Å²) in [6, 6.07) is 28.7. The van der Waals surface area contributed by atoms with E-state index in [0.29, 0.717) is 11.5 Å². The molecule has 1 saturated heterocycles. The average Bonchev–Trinajstić information content (AvgIpc) is 3.51. The Morgan fingerprint density at radius 1 is 0.852 bits per heavy atom. The van der Waals surface area contributed by atoms with E-state index in [1.165, 1.54) is 23.9 Å². The zero-order valence-electron chi connectivity index (χ0n) is 31.7. The normalized spacial score (nSPS) is 19.3. The van der Waals surface area contributed by atoms with Crippen LogP contribution < -0.4 is 20.7 Å². The number of H-pyrrole nitrogens is 1. The molecule has 4 aromatic rings. The van der Waals surface area contributed by atoms with Crippen LogP contribution in [-0.2, 0) is 28.9 Å². The number of nitriles is 1. The van der Waals surface area contributed by atoms with Gasteiger partial charge in [0.25, 0.3) is 14.1 Å². The Balaban J connectivity index is 1.64. The molecule has 0 radical (unpaired) electrons. The van der Waals surface area contributed by atoms with Crippen molar-refractivity contribution in [3.8, 4) is 17.6 Å². The number of benzene rings is 3. The maximum atomic E-state index is 13.2. The summed E-state index contributed by atoms with van der Waals surface area (Å²) in [5.74, 6) is 1.37. The van der Waals surface area contributed by atoms with E-state index in [4.69, 9.17) is 32.7 Å². The van der Waals surface area contributed by atoms with Gasteiger partial charge in [0.1, 0.15) is 35.4 Å². The SMILES string of the molecule is COc1ccc(C(OC[C@H]2O[C@@H](n3ccc(=O)[nH]c3=O)[C@@H](OC)[C@H]2OP(OCCC#N)N(C(C)C)C(C)C)(c2ccccc2)c2ccc(OC)cc2)cc1. The zero-order chi connectivity index (χ0) is 38.8.